The summed E-state index contributed by atoms with van der Waals surface area (Å²) in [4.78, 5) is 0. The van der Waals surface area contributed by atoms with Gasteiger partial charge >= 0.3 is 0 Å². The third kappa shape index (κ3) is 3.49. The van der Waals surface area contributed by atoms with Gasteiger partial charge in [0.2, 0.25) is 0 Å². The molecule has 29 heavy (non-hydrogen) atoms. The van der Waals surface area contributed by atoms with Crippen LogP contribution in [0.2, 0.25) is 0 Å². The minimum Gasteiger partial charge on any atom is -0.497 e. The van der Waals surface area contributed by atoms with E-state index in [1.165, 1.54) is 22.4 Å². The second-order valence-corrected chi connectivity index (χ2v) is 7.77. The van der Waals surface area contributed by atoms with Crippen LogP contribution in [-0.2, 0) is 6.61 Å². The van der Waals surface area contributed by atoms with E-state index in [9.17, 15) is 0 Å². The van der Waals surface area contributed by atoms with Crippen LogP contribution in [-0.4, -0.2) is 7.11 Å². The molecule has 3 aromatic rings. The Balaban J connectivity index is 1.40. The Hall–Kier alpha value is -3.20. The van der Waals surface area contributed by atoms with Crippen LogP contribution in [0.5, 0.6) is 11.5 Å². The largest absolute Gasteiger partial charge is 0.497 e. The number of rotatable bonds is 5. The third-order valence-corrected chi connectivity index (χ3v) is 6.06. The van der Waals surface area contributed by atoms with E-state index in [-0.39, 0.29) is 0 Å². The molecule has 1 aliphatic carbocycles. The van der Waals surface area contributed by atoms with Crippen LogP contribution in [0.1, 0.15) is 35.1 Å². The van der Waals surface area contributed by atoms with Crippen molar-refractivity contribution in [3.05, 3.63) is 102 Å². The van der Waals surface area contributed by atoms with E-state index in [0.717, 1.165) is 17.9 Å². The predicted molar refractivity (Wildman–Crippen MR) is 117 cm³/mol. The molecule has 5 rings (SSSR count). The molecular formula is C26H25NO2. The SMILES string of the molecule is COc1ccc(C2Nc3ccc(OCc4ccccc4)cc3C3C=CCC32)cc1. The van der Waals surface area contributed by atoms with Gasteiger partial charge in [0.15, 0.2) is 0 Å². The van der Waals surface area contributed by atoms with Crippen LogP contribution >= 0.6 is 0 Å². The van der Waals surface area contributed by atoms with Gasteiger partial charge in [-0.05, 0) is 59.4 Å². The number of allylic oxidation sites excluding steroid dienone is 2. The predicted octanol–water partition coefficient (Wildman–Crippen LogP) is 6.10. The minimum absolute atomic E-state index is 0.296. The maximum atomic E-state index is 6.08. The first kappa shape index (κ1) is 17.9. The van der Waals surface area contributed by atoms with Gasteiger partial charge in [0.05, 0.1) is 13.2 Å². The number of methoxy groups -OCH3 is 1. The first-order valence-electron chi connectivity index (χ1n) is 10.2. The van der Waals surface area contributed by atoms with Crippen molar-refractivity contribution in [1.82, 2.24) is 0 Å². The van der Waals surface area contributed by atoms with Gasteiger partial charge in [-0.2, -0.15) is 0 Å². The van der Waals surface area contributed by atoms with Crippen molar-refractivity contribution < 1.29 is 9.47 Å². The van der Waals surface area contributed by atoms with Crippen LogP contribution < -0.4 is 14.8 Å². The maximum Gasteiger partial charge on any atom is 0.120 e. The Kier molecular flexibility index (Phi) is 4.73. The number of hydrogen-bond donors (Lipinski definition) is 1. The Bertz CT molecular complexity index is 1010. The highest BCUT2D eigenvalue weighted by Crippen LogP contribution is 2.50. The molecule has 1 aliphatic heterocycles. The molecule has 0 aromatic heterocycles. The smallest absolute Gasteiger partial charge is 0.120 e. The van der Waals surface area contributed by atoms with Crippen molar-refractivity contribution in [2.45, 2.75) is 25.0 Å². The maximum absolute atomic E-state index is 6.08. The van der Waals surface area contributed by atoms with Crippen LogP contribution in [0.15, 0.2) is 84.9 Å². The van der Waals surface area contributed by atoms with Crippen molar-refractivity contribution >= 4 is 5.69 Å². The van der Waals surface area contributed by atoms with Crippen LogP contribution in [0.3, 0.4) is 0 Å². The molecule has 0 radical (unpaired) electrons. The summed E-state index contributed by atoms with van der Waals surface area (Å²) >= 11 is 0. The summed E-state index contributed by atoms with van der Waals surface area (Å²) in [5.74, 6) is 2.75. The molecule has 1 N–H and O–H groups in total. The summed E-state index contributed by atoms with van der Waals surface area (Å²) in [5.41, 5.74) is 5.02. The number of nitrogens with one attached hydrogen (secondary N) is 1. The van der Waals surface area contributed by atoms with Gasteiger partial charge in [-0.3, -0.25) is 0 Å². The number of ether oxygens (including phenoxy) is 2. The Morgan fingerprint density at radius 1 is 0.931 bits per heavy atom. The first-order valence-corrected chi connectivity index (χ1v) is 10.2. The lowest BCUT2D eigenvalue weighted by atomic mass is 9.77. The fourth-order valence-electron chi connectivity index (χ4n) is 4.54. The second-order valence-electron chi connectivity index (χ2n) is 7.77. The standard InChI is InChI=1S/C26H25NO2/c1-28-20-12-10-19(11-13-20)26-23-9-5-8-22(23)24-16-21(14-15-25(24)27-26)29-17-18-6-3-2-4-7-18/h2-8,10-16,22-23,26-27H,9,17H2,1H3. The highest BCUT2D eigenvalue weighted by Gasteiger charge is 2.38. The van der Waals surface area contributed by atoms with Gasteiger partial charge in [-0.15, -0.1) is 0 Å². The van der Waals surface area contributed by atoms with E-state index >= 15 is 0 Å². The molecule has 0 bridgehead atoms. The summed E-state index contributed by atoms with van der Waals surface area (Å²) < 4.78 is 11.4. The molecule has 3 heteroatoms. The Morgan fingerprint density at radius 2 is 1.72 bits per heavy atom. The molecule has 0 amide bonds. The lowest BCUT2D eigenvalue weighted by molar-refractivity contribution is 0.305. The highest BCUT2D eigenvalue weighted by atomic mass is 16.5. The van der Waals surface area contributed by atoms with Crippen LogP contribution in [0.25, 0.3) is 0 Å². The molecule has 0 spiro atoms. The summed E-state index contributed by atoms with van der Waals surface area (Å²) in [5, 5.41) is 3.79. The third-order valence-electron chi connectivity index (χ3n) is 6.06. The highest BCUT2D eigenvalue weighted by molar-refractivity contribution is 5.61. The van der Waals surface area contributed by atoms with E-state index in [1.54, 1.807) is 7.11 Å². The molecule has 3 atom stereocenters. The number of anilines is 1. The fourth-order valence-corrected chi connectivity index (χ4v) is 4.54. The average molecular weight is 383 g/mol. The van der Waals surface area contributed by atoms with Gasteiger partial charge in [-0.25, -0.2) is 0 Å². The van der Waals surface area contributed by atoms with E-state index in [1.807, 2.05) is 30.3 Å². The van der Waals surface area contributed by atoms with Crippen molar-refractivity contribution in [3.8, 4) is 11.5 Å². The summed E-state index contributed by atoms with van der Waals surface area (Å²) in [6, 6.07) is 25.5. The molecule has 0 fully saturated rings. The van der Waals surface area contributed by atoms with Gasteiger partial charge in [0.25, 0.3) is 0 Å². The Labute approximate surface area is 172 Å². The van der Waals surface area contributed by atoms with Crippen molar-refractivity contribution in [2.75, 3.05) is 12.4 Å². The lowest BCUT2D eigenvalue weighted by Crippen LogP contribution is -2.29. The van der Waals surface area contributed by atoms with Gasteiger partial charge in [0, 0.05) is 11.6 Å². The molecule has 3 unspecified atom stereocenters. The molecule has 2 aliphatic rings. The molecule has 146 valence electrons. The van der Waals surface area contributed by atoms with E-state index < -0.39 is 0 Å². The zero-order chi connectivity index (χ0) is 19.6. The second kappa shape index (κ2) is 7.67. The topological polar surface area (TPSA) is 30.5 Å². The van der Waals surface area contributed by atoms with Crippen molar-refractivity contribution in [3.63, 3.8) is 0 Å². The van der Waals surface area contributed by atoms with Gasteiger partial charge in [-0.1, -0.05) is 54.6 Å². The number of benzene rings is 3. The van der Waals surface area contributed by atoms with Gasteiger partial charge in [0.1, 0.15) is 18.1 Å². The lowest BCUT2D eigenvalue weighted by Gasteiger charge is -2.37. The van der Waals surface area contributed by atoms with Gasteiger partial charge < -0.3 is 14.8 Å². The monoisotopic (exact) mass is 383 g/mol. The van der Waals surface area contributed by atoms with Crippen molar-refractivity contribution in [2.24, 2.45) is 5.92 Å². The normalized spacial score (nSPS) is 21.8. The van der Waals surface area contributed by atoms with Crippen molar-refractivity contribution in [1.29, 1.82) is 0 Å². The average Bonchev–Trinajstić information content (AvgIpc) is 3.28. The fraction of sp³-hybridized carbons (Fsp3) is 0.231. The number of hydrogen-bond acceptors (Lipinski definition) is 3. The summed E-state index contributed by atoms with van der Waals surface area (Å²) in [6.45, 7) is 0.589. The zero-order valence-corrected chi connectivity index (χ0v) is 16.5. The minimum atomic E-state index is 0.296. The van der Waals surface area contributed by atoms with Crippen LogP contribution in [0, 0.1) is 5.92 Å². The molecule has 3 nitrogen and oxygen atoms in total. The first-order chi connectivity index (χ1) is 14.3. The molecular weight excluding hydrogens is 358 g/mol. The number of fused-ring (bicyclic) bond motifs is 3. The summed E-state index contributed by atoms with van der Waals surface area (Å²) in [7, 11) is 1.71. The van der Waals surface area contributed by atoms with E-state index in [4.69, 9.17) is 9.47 Å². The quantitative estimate of drug-likeness (QED) is 0.540. The van der Waals surface area contributed by atoms with E-state index in [0.29, 0.717) is 24.5 Å². The zero-order valence-electron chi connectivity index (χ0n) is 16.5. The van der Waals surface area contributed by atoms with Crippen LogP contribution in [0.4, 0.5) is 5.69 Å². The summed E-state index contributed by atoms with van der Waals surface area (Å²) in [6.07, 6.45) is 5.77. The molecule has 0 saturated carbocycles. The molecule has 1 heterocycles. The Morgan fingerprint density at radius 3 is 2.52 bits per heavy atom. The molecule has 3 aromatic carbocycles. The van der Waals surface area contributed by atoms with E-state index in [2.05, 4.69) is 59.9 Å². The molecule has 0 saturated heterocycles.